The van der Waals surface area contributed by atoms with Gasteiger partial charge in [-0.05, 0) is 32.1 Å². The van der Waals surface area contributed by atoms with E-state index >= 15 is 0 Å². The second-order valence-electron chi connectivity index (χ2n) is 5.47. The van der Waals surface area contributed by atoms with Gasteiger partial charge in [-0.1, -0.05) is 26.2 Å². The van der Waals surface area contributed by atoms with Gasteiger partial charge in [-0.15, -0.1) is 0 Å². The van der Waals surface area contributed by atoms with E-state index in [1.165, 1.54) is 25.7 Å². The van der Waals surface area contributed by atoms with E-state index in [1.807, 2.05) is 0 Å². The van der Waals surface area contributed by atoms with Gasteiger partial charge in [0.05, 0.1) is 0 Å². The van der Waals surface area contributed by atoms with Crippen LogP contribution < -0.4 is 5.32 Å². The molecule has 0 bridgehead atoms. The van der Waals surface area contributed by atoms with Crippen LogP contribution in [0.4, 0.5) is 0 Å². The normalized spacial score (nSPS) is 26.4. The summed E-state index contributed by atoms with van der Waals surface area (Å²) in [5.74, 6) is 1.19. The number of nitrogens with one attached hydrogen (secondary N) is 1. The summed E-state index contributed by atoms with van der Waals surface area (Å²) in [5.41, 5.74) is -0.0299. The van der Waals surface area contributed by atoms with E-state index in [-0.39, 0.29) is 11.3 Å². The van der Waals surface area contributed by atoms with Gasteiger partial charge in [0.1, 0.15) is 0 Å². The highest BCUT2D eigenvalue weighted by Crippen LogP contribution is 2.40. The maximum absolute atomic E-state index is 11.8. The highest BCUT2D eigenvalue weighted by Gasteiger charge is 2.39. The molecule has 2 aliphatic carbocycles. The summed E-state index contributed by atoms with van der Waals surface area (Å²) < 4.78 is 0. The van der Waals surface area contributed by atoms with Gasteiger partial charge in [-0.3, -0.25) is 4.79 Å². The third-order valence-electron chi connectivity index (χ3n) is 3.77. The van der Waals surface area contributed by atoms with Crippen LogP contribution in [0.25, 0.3) is 0 Å². The molecule has 2 nitrogen and oxygen atoms in total. The summed E-state index contributed by atoms with van der Waals surface area (Å²) in [7, 11) is 0. The molecule has 2 aliphatic rings. The summed E-state index contributed by atoms with van der Waals surface area (Å²) in [6, 6.07) is 0.382. The molecule has 0 aromatic carbocycles. The maximum Gasteiger partial charge on any atom is 0.226 e. The Morgan fingerprint density at radius 1 is 1.50 bits per heavy atom. The summed E-state index contributed by atoms with van der Waals surface area (Å²) in [4.78, 5) is 11.8. The predicted octanol–water partition coefficient (Wildman–Crippen LogP) is 2.48. The van der Waals surface area contributed by atoms with E-state index in [2.05, 4.69) is 19.2 Å². The Labute approximate surface area is 86.5 Å². The molecule has 1 atom stereocenters. The van der Waals surface area contributed by atoms with Crippen molar-refractivity contribution < 1.29 is 4.79 Å². The van der Waals surface area contributed by atoms with Crippen LogP contribution in [0.15, 0.2) is 0 Å². The van der Waals surface area contributed by atoms with E-state index in [9.17, 15) is 4.79 Å². The van der Waals surface area contributed by atoms with E-state index in [4.69, 9.17) is 0 Å². The van der Waals surface area contributed by atoms with Crippen molar-refractivity contribution in [3.8, 4) is 0 Å². The first-order valence-corrected chi connectivity index (χ1v) is 5.91. The fourth-order valence-corrected chi connectivity index (χ4v) is 2.24. The number of hydrogen-bond donors (Lipinski definition) is 1. The topological polar surface area (TPSA) is 29.1 Å². The first-order valence-electron chi connectivity index (χ1n) is 5.91. The van der Waals surface area contributed by atoms with Gasteiger partial charge in [-0.2, -0.15) is 0 Å². The molecule has 1 amide bonds. The zero-order valence-corrected chi connectivity index (χ0v) is 9.31. The molecule has 0 aliphatic heterocycles. The molecule has 0 aromatic rings. The van der Waals surface area contributed by atoms with Crippen molar-refractivity contribution in [2.75, 3.05) is 0 Å². The Hall–Kier alpha value is -0.530. The fraction of sp³-hybridized carbons (Fsp3) is 0.917. The average Bonchev–Trinajstić information content (AvgIpc) is 2.83. The SMILES string of the molecule is CC(CC1CC1)NC(=O)C1(C)CCC1. The fourth-order valence-electron chi connectivity index (χ4n) is 2.24. The Kier molecular flexibility index (Phi) is 2.54. The molecular formula is C12H21NO. The lowest BCUT2D eigenvalue weighted by Gasteiger charge is -2.37. The van der Waals surface area contributed by atoms with Crippen LogP contribution in [0.5, 0.6) is 0 Å². The molecule has 2 saturated carbocycles. The van der Waals surface area contributed by atoms with Crippen molar-refractivity contribution in [1.82, 2.24) is 5.32 Å². The van der Waals surface area contributed by atoms with Crippen LogP contribution in [-0.2, 0) is 4.79 Å². The smallest absolute Gasteiger partial charge is 0.226 e. The molecule has 2 rings (SSSR count). The minimum Gasteiger partial charge on any atom is -0.353 e. The lowest BCUT2D eigenvalue weighted by molar-refractivity contribution is -0.135. The van der Waals surface area contributed by atoms with E-state index in [0.717, 1.165) is 18.8 Å². The summed E-state index contributed by atoms with van der Waals surface area (Å²) >= 11 is 0. The molecule has 1 unspecified atom stereocenters. The molecule has 0 heterocycles. The first-order chi connectivity index (χ1) is 6.60. The third kappa shape index (κ3) is 2.10. The number of carbonyl (C=O) groups is 1. The average molecular weight is 195 g/mol. The molecule has 2 fully saturated rings. The third-order valence-corrected chi connectivity index (χ3v) is 3.77. The molecule has 0 spiro atoms. The van der Waals surface area contributed by atoms with Crippen LogP contribution in [0, 0.1) is 11.3 Å². The Balaban J connectivity index is 1.74. The van der Waals surface area contributed by atoms with Crippen LogP contribution in [0.1, 0.15) is 52.4 Å². The second kappa shape index (κ2) is 3.56. The van der Waals surface area contributed by atoms with Gasteiger partial charge in [0, 0.05) is 11.5 Å². The Morgan fingerprint density at radius 3 is 2.57 bits per heavy atom. The van der Waals surface area contributed by atoms with Crippen molar-refractivity contribution in [2.24, 2.45) is 11.3 Å². The largest absolute Gasteiger partial charge is 0.353 e. The van der Waals surface area contributed by atoms with Gasteiger partial charge < -0.3 is 5.32 Å². The number of amides is 1. The van der Waals surface area contributed by atoms with Crippen LogP contribution in [-0.4, -0.2) is 11.9 Å². The number of carbonyl (C=O) groups excluding carboxylic acids is 1. The van der Waals surface area contributed by atoms with Crippen LogP contribution in [0.3, 0.4) is 0 Å². The summed E-state index contributed by atoms with van der Waals surface area (Å²) in [5, 5.41) is 3.15. The standard InChI is InChI=1S/C12H21NO/c1-9(8-10-4-5-10)13-11(14)12(2)6-3-7-12/h9-10H,3-8H2,1-2H3,(H,13,14). The molecule has 1 N–H and O–H groups in total. The molecule has 0 aromatic heterocycles. The highest BCUT2D eigenvalue weighted by atomic mass is 16.2. The summed E-state index contributed by atoms with van der Waals surface area (Å²) in [6.45, 7) is 4.23. The molecular weight excluding hydrogens is 174 g/mol. The first kappa shape index (κ1) is 10.0. The minimum atomic E-state index is -0.0299. The van der Waals surface area contributed by atoms with E-state index in [0.29, 0.717) is 6.04 Å². The molecule has 14 heavy (non-hydrogen) atoms. The van der Waals surface area contributed by atoms with E-state index < -0.39 is 0 Å². The second-order valence-corrected chi connectivity index (χ2v) is 5.47. The van der Waals surface area contributed by atoms with Gasteiger partial charge >= 0.3 is 0 Å². The lowest BCUT2D eigenvalue weighted by atomic mass is 9.69. The van der Waals surface area contributed by atoms with Crippen molar-refractivity contribution in [2.45, 2.75) is 58.4 Å². The van der Waals surface area contributed by atoms with Gasteiger partial charge in [0.15, 0.2) is 0 Å². The van der Waals surface area contributed by atoms with Gasteiger partial charge in [0.2, 0.25) is 5.91 Å². The molecule has 2 heteroatoms. The van der Waals surface area contributed by atoms with Crippen molar-refractivity contribution >= 4 is 5.91 Å². The lowest BCUT2D eigenvalue weighted by Crippen LogP contribution is -2.46. The maximum atomic E-state index is 11.8. The van der Waals surface area contributed by atoms with Crippen molar-refractivity contribution in [3.05, 3.63) is 0 Å². The highest BCUT2D eigenvalue weighted by molar-refractivity contribution is 5.83. The van der Waals surface area contributed by atoms with Crippen LogP contribution in [0.2, 0.25) is 0 Å². The van der Waals surface area contributed by atoms with Crippen molar-refractivity contribution in [3.63, 3.8) is 0 Å². The number of rotatable bonds is 4. The minimum absolute atomic E-state index is 0.0299. The summed E-state index contributed by atoms with van der Waals surface area (Å²) in [6.07, 6.45) is 7.31. The zero-order valence-electron chi connectivity index (χ0n) is 9.31. The quantitative estimate of drug-likeness (QED) is 0.733. The monoisotopic (exact) mass is 195 g/mol. The molecule has 0 radical (unpaired) electrons. The van der Waals surface area contributed by atoms with E-state index in [1.54, 1.807) is 0 Å². The molecule has 0 saturated heterocycles. The zero-order chi connectivity index (χ0) is 10.2. The Morgan fingerprint density at radius 2 is 2.14 bits per heavy atom. The predicted molar refractivity (Wildman–Crippen MR) is 56.9 cm³/mol. The molecule has 80 valence electrons. The number of hydrogen-bond acceptors (Lipinski definition) is 1. The van der Waals surface area contributed by atoms with Crippen molar-refractivity contribution in [1.29, 1.82) is 0 Å². The van der Waals surface area contributed by atoms with Crippen LogP contribution >= 0.6 is 0 Å². The van der Waals surface area contributed by atoms with Gasteiger partial charge in [0.25, 0.3) is 0 Å². The Bertz CT molecular complexity index is 228. The van der Waals surface area contributed by atoms with Gasteiger partial charge in [-0.25, -0.2) is 0 Å².